The quantitative estimate of drug-likeness (QED) is 0.801. The Labute approximate surface area is 141 Å². The molecule has 4 rings (SSSR count). The van der Waals surface area contributed by atoms with Crippen LogP contribution in [0.15, 0.2) is 24.3 Å². The molecule has 2 fully saturated rings. The molecule has 0 aliphatic carbocycles. The number of amides is 1. The maximum Gasteiger partial charge on any atom is 0.270 e. The molecular weight excluding hydrogens is 312 g/mol. The van der Waals surface area contributed by atoms with E-state index in [0.29, 0.717) is 5.02 Å². The van der Waals surface area contributed by atoms with Gasteiger partial charge in [-0.3, -0.25) is 4.79 Å². The predicted octanol–water partition coefficient (Wildman–Crippen LogP) is 3.47. The van der Waals surface area contributed by atoms with Crippen molar-refractivity contribution in [2.45, 2.75) is 19.3 Å². The second-order valence-electron chi connectivity index (χ2n) is 6.92. The molecule has 5 heteroatoms. The van der Waals surface area contributed by atoms with E-state index < -0.39 is 0 Å². The van der Waals surface area contributed by atoms with Crippen LogP contribution < -0.4 is 0 Å². The molecule has 0 unspecified atom stereocenters. The number of carbonyl (C=O) groups is 1. The minimum atomic E-state index is 0.116. The highest BCUT2D eigenvalue weighted by Gasteiger charge is 2.40. The van der Waals surface area contributed by atoms with Crippen LogP contribution in [0.1, 0.15) is 29.8 Å². The van der Waals surface area contributed by atoms with Gasteiger partial charge in [-0.25, -0.2) is 0 Å². The second-order valence-corrected chi connectivity index (χ2v) is 7.36. The number of piperidine rings is 1. The zero-order valence-electron chi connectivity index (χ0n) is 13.3. The Bertz CT molecular complexity index is 762. The third-order valence-corrected chi connectivity index (χ3v) is 5.60. The molecule has 0 N–H and O–H groups in total. The van der Waals surface area contributed by atoms with E-state index in [1.807, 2.05) is 40.8 Å². The van der Waals surface area contributed by atoms with E-state index in [0.717, 1.165) is 55.7 Å². The molecule has 0 saturated carbocycles. The Hall–Kier alpha value is -1.52. The summed E-state index contributed by atoms with van der Waals surface area (Å²) in [6, 6.07) is 7.72. The summed E-state index contributed by atoms with van der Waals surface area (Å²) < 4.78 is 7.55. The molecule has 4 nitrogen and oxygen atoms in total. The van der Waals surface area contributed by atoms with Gasteiger partial charge in [0.2, 0.25) is 0 Å². The summed E-state index contributed by atoms with van der Waals surface area (Å²) in [7, 11) is 1.93. The molecule has 2 aliphatic heterocycles. The first-order chi connectivity index (χ1) is 11.1. The maximum atomic E-state index is 13.0. The number of fused-ring (bicyclic) bond motifs is 1. The van der Waals surface area contributed by atoms with Crippen molar-refractivity contribution in [3.63, 3.8) is 0 Å². The van der Waals surface area contributed by atoms with Gasteiger partial charge < -0.3 is 14.2 Å². The van der Waals surface area contributed by atoms with E-state index in [1.54, 1.807) is 0 Å². The molecule has 0 bridgehead atoms. The Morgan fingerprint density at radius 3 is 2.96 bits per heavy atom. The van der Waals surface area contributed by atoms with E-state index in [-0.39, 0.29) is 11.3 Å². The topological polar surface area (TPSA) is 34.5 Å². The smallest absolute Gasteiger partial charge is 0.270 e. The average molecular weight is 333 g/mol. The fraction of sp³-hybridized carbons (Fsp3) is 0.500. The SMILES string of the molecule is Cn1c(C(=O)N2CCC[C@@]3(CCOC3)C2)cc2ccc(Cl)cc21. The second kappa shape index (κ2) is 5.53. The fourth-order valence-electron chi connectivity index (χ4n) is 4.02. The molecule has 3 heterocycles. The number of likely N-dealkylation sites (tertiary alicyclic amines) is 1. The van der Waals surface area contributed by atoms with Gasteiger partial charge in [-0.15, -0.1) is 0 Å². The number of aryl methyl sites for hydroxylation is 1. The molecule has 2 saturated heterocycles. The Morgan fingerprint density at radius 1 is 1.30 bits per heavy atom. The van der Waals surface area contributed by atoms with E-state index >= 15 is 0 Å². The molecule has 1 aromatic heterocycles. The van der Waals surface area contributed by atoms with Crippen molar-refractivity contribution in [1.29, 1.82) is 0 Å². The fourth-order valence-corrected chi connectivity index (χ4v) is 4.19. The van der Waals surface area contributed by atoms with Crippen molar-refractivity contribution in [2.75, 3.05) is 26.3 Å². The highest BCUT2D eigenvalue weighted by Crippen LogP contribution is 2.38. The van der Waals surface area contributed by atoms with Crippen molar-refractivity contribution in [3.8, 4) is 0 Å². The number of benzene rings is 1. The van der Waals surface area contributed by atoms with Gasteiger partial charge in [-0.05, 0) is 37.5 Å². The molecular formula is C18H21ClN2O2. The molecule has 1 atom stereocenters. The first-order valence-corrected chi connectivity index (χ1v) is 8.58. The van der Waals surface area contributed by atoms with Gasteiger partial charge in [0.05, 0.1) is 6.61 Å². The van der Waals surface area contributed by atoms with Crippen molar-refractivity contribution in [3.05, 3.63) is 35.0 Å². The van der Waals surface area contributed by atoms with Gasteiger partial charge in [0, 0.05) is 48.1 Å². The van der Waals surface area contributed by atoms with E-state index in [4.69, 9.17) is 16.3 Å². The molecule has 0 radical (unpaired) electrons. The monoisotopic (exact) mass is 332 g/mol. The maximum absolute atomic E-state index is 13.0. The minimum absolute atomic E-state index is 0.116. The first kappa shape index (κ1) is 15.0. The molecule has 2 aromatic rings. The number of nitrogens with zero attached hydrogens (tertiary/aromatic N) is 2. The lowest BCUT2D eigenvalue weighted by Gasteiger charge is -2.39. The lowest BCUT2D eigenvalue weighted by Crippen LogP contribution is -2.46. The van der Waals surface area contributed by atoms with Gasteiger partial charge in [0.25, 0.3) is 5.91 Å². The normalized spacial score (nSPS) is 24.7. The summed E-state index contributed by atoms with van der Waals surface area (Å²) in [6.07, 6.45) is 3.30. The van der Waals surface area contributed by atoms with E-state index in [2.05, 4.69) is 0 Å². The number of hydrogen-bond acceptors (Lipinski definition) is 2. The van der Waals surface area contributed by atoms with E-state index in [1.165, 1.54) is 6.42 Å². The minimum Gasteiger partial charge on any atom is -0.381 e. The first-order valence-electron chi connectivity index (χ1n) is 8.20. The number of ether oxygens (including phenoxy) is 1. The lowest BCUT2D eigenvalue weighted by molar-refractivity contribution is 0.0455. The van der Waals surface area contributed by atoms with Gasteiger partial charge in [-0.2, -0.15) is 0 Å². The van der Waals surface area contributed by atoms with Crippen LogP contribution in [-0.4, -0.2) is 41.7 Å². The van der Waals surface area contributed by atoms with Crippen LogP contribution in [0, 0.1) is 5.41 Å². The highest BCUT2D eigenvalue weighted by molar-refractivity contribution is 6.31. The Balaban J connectivity index is 1.65. The third kappa shape index (κ3) is 2.54. The predicted molar refractivity (Wildman–Crippen MR) is 90.9 cm³/mol. The molecule has 122 valence electrons. The van der Waals surface area contributed by atoms with Crippen LogP contribution in [0.4, 0.5) is 0 Å². The van der Waals surface area contributed by atoms with Crippen LogP contribution in [0.5, 0.6) is 0 Å². The summed E-state index contributed by atoms with van der Waals surface area (Å²) in [5.74, 6) is 0.116. The Kier molecular flexibility index (Phi) is 3.62. The van der Waals surface area contributed by atoms with E-state index in [9.17, 15) is 4.79 Å². The van der Waals surface area contributed by atoms with Crippen molar-refractivity contribution in [1.82, 2.24) is 9.47 Å². The number of rotatable bonds is 1. The molecule has 23 heavy (non-hydrogen) atoms. The zero-order chi connectivity index (χ0) is 16.0. The van der Waals surface area contributed by atoms with Crippen LogP contribution in [0.2, 0.25) is 5.02 Å². The molecule has 1 amide bonds. The summed E-state index contributed by atoms with van der Waals surface area (Å²) in [6.45, 7) is 3.27. The highest BCUT2D eigenvalue weighted by atomic mass is 35.5. The van der Waals surface area contributed by atoms with Crippen LogP contribution in [0.3, 0.4) is 0 Å². The van der Waals surface area contributed by atoms with Crippen molar-refractivity contribution < 1.29 is 9.53 Å². The largest absolute Gasteiger partial charge is 0.381 e. The number of carbonyl (C=O) groups excluding carboxylic acids is 1. The lowest BCUT2D eigenvalue weighted by atomic mass is 9.79. The van der Waals surface area contributed by atoms with Crippen LogP contribution in [-0.2, 0) is 11.8 Å². The average Bonchev–Trinajstić information content (AvgIpc) is 3.12. The Morgan fingerprint density at radius 2 is 2.17 bits per heavy atom. The van der Waals surface area contributed by atoms with Gasteiger partial charge in [0.15, 0.2) is 0 Å². The van der Waals surface area contributed by atoms with Gasteiger partial charge in [0.1, 0.15) is 5.69 Å². The van der Waals surface area contributed by atoms with Gasteiger partial charge >= 0.3 is 0 Å². The number of aromatic nitrogens is 1. The summed E-state index contributed by atoms with van der Waals surface area (Å²) in [4.78, 5) is 15.1. The van der Waals surface area contributed by atoms with Crippen LogP contribution >= 0.6 is 11.6 Å². The summed E-state index contributed by atoms with van der Waals surface area (Å²) >= 11 is 6.09. The summed E-state index contributed by atoms with van der Waals surface area (Å²) in [5.41, 5.74) is 1.91. The van der Waals surface area contributed by atoms with Crippen molar-refractivity contribution in [2.24, 2.45) is 12.5 Å². The van der Waals surface area contributed by atoms with Crippen molar-refractivity contribution >= 4 is 28.4 Å². The number of halogens is 1. The zero-order valence-corrected chi connectivity index (χ0v) is 14.1. The third-order valence-electron chi connectivity index (χ3n) is 5.36. The molecule has 1 aromatic carbocycles. The van der Waals surface area contributed by atoms with Crippen LogP contribution in [0.25, 0.3) is 10.9 Å². The number of hydrogen-bond donors (Lipinski definition) is 0. The molecule has 1 spiro atoms. The standard InChI is InChI=1S/C18H21ClN2O2/c1-20-15-10-14(19)4-3-13(15)9-16(20)17(22)21-7-2-5-18(11-21)6-8-23-12-18/h3-4,9-10H,2,5-8,11-12H2,1H3/t18-/m1/s1. The molecule has 2 aliphatic rings. The van der Waals surface area contributed by atoms with Gasteiger partial charge in [-0.1, -0.05) is 17.7 Å². The summed E-state index contributed by atoms with van der Waals surface area (Å²) in [5, 5.41) is 1.74.